The molecule has 1 fully saturated rings. The lowest BCUT2D eigenvalue weighted by Gasteiger charge is -2.26. The van der Waals surface area contributed by atoms with Gasteiger partial charge in [-0.25, -0.2) is 4.79 Å². The lowest BCUT2D eigenvalue weighted by molar-refractivity contribution is -0.117. The van der Waals surface area contributed by atoms with Crippen molar-refractivity contribution in [1.82, 2.24) is 10.2 Å². The number of likely N-dealkylation sites (tertiary alicyclic amines) is 1. The second-order valence-electron chi connectivity index (χ2n) is 6.26. The Morgan fingerprint density at radius 3 is 2.78 bits per heavy atom. The Bertz CT molecular complexity index is 596. The van der Waals surface area contributed by atoms with Crippen LogP contribution < -0.4 is 15.5 Å². The molecule has 0 spiro atoms. The molecule has 6 nitrogen and oxygen atoms in total. The summed E-state index contributed by atoms with van der Waals surface area (Å²) in [4.78, 5) is 27.7. The van der Waals surface area contributed by atoms with E-state index in [1.54, 1.807) is 11.9 Å². The summed E-state index contributed by atoms with van der Waals surface area (Å²) in [5.74, 6) is 0.0862. The number of benzene rings is 1. The standard InChI is InChI=1S/C17H24N4O2/c1-20-15-6-5-14(11-13(15)12-16(20)22)19-17(23)18-7-10-21-8-3-2-4-9-21/h5-6,11H,2-4,7-10,12H2,1H3,(H2,18,19,23). The minimum absolute atomic E-state index is 0.0862. The molecular weight excluding hydrogens is 292 g/mol. The quantitative estimate of drug-likeness (QED) is 0.890. The average molecular weight is 316 g/mol. The van der Waals surface area contributed by atoms with Gasteiger partial charge >= 0.3 is 6.03 Å². The largest absolute Gasteiger partial charge is 0.337 e. The fraction of sp³-hybridized carbons (Fsp3) is 0.529. The van der Waals surface area contributed by atoms with Crippen LogP contribution in [0.4, 0.5) is 16.2 Å². The number of hydrogen-bond donors (Lipinski definition) is 2. The van der Waals surface area contributed by atoms with Gasteiger partial charge < -0.3 is 20.4 Å². The maximum Gasteiger partial charge on any atom is 0.319 e. The summed E-state index contributed by atoms with van der Waals surface area (Å²) in [5.41, 5.74) is 2.61. The number of rotatable bonds is 4. The summed E-state index contributed by atoms with van der Waals surface area (Å²) >= 11 is 0. The number of urea groups is 1. The molecule has 2 N–H and O–H groups in total. The first-order valence-corrected chi connectivity index (χ1v) is 8.30. The zero-order valence-corrected chi connectivity index (χ0v) is 13.6. The number of hydrogen-bond acceptors (Lipinski definition) is 3. The van der Waals surface area contributed by atoms with Gasteiger partial charge in [-0.1, -0.05) is 6.42 Å². The first-order valence-electron chi connectivity index (χ1n) is 8.30. The van der Waals surface area contributed by atoms with E-state index in [0.29, 0.717) is 13.0 Å². The van der Waals surface area contributed by atoms with Crippen LogP contribution in [-0.4, -0.2) is 50.1 Å². The summed E-state index contributed by atoms with van der Waals surface area (Å²) in [6, 6.07) is 5.39. The van der Waals surface area contributed by atoms with Crippen molar-refractivity contribution in [2.24, 2.45) is 0 Å². The molecule has 0 radical (unpaired) electrons. The molecule has 3 amide bonds. The van der Waals surface area contributed by atoms with E-state index in [-0.39, 0.29) is 11.9 Å². The molecule has 2 aliphatic rings. The Hall–Kier alpha value is -2.08. The van der Waals surface area contributed by atoms with Crippen molar-refractivity contribution in [2.75, 3.05) is 43.4 Å². The summed E-state index contributed by atoms with van der Waals surface area (Å²) in [7, 11) is 1.77. The van der Waals surface area contributed by atoms with Gasteiger partial charge in [-0.2, -0.15) is 0 Å². The van der Waals surface area contributed by atoms with Crippen molar-refractivity contribution in [3.05, 3.63) is 23.8 Å². The Balaban J connectivity index is 1.47. The third-order valence-corrected chi connectivity index (χ3v) is 4.58. The number of carbonyl (C=O) groups excluding carboxylic acids is 2. The molecule has 0 unspecified atom stereocenters. The van der Waals surface area contributed by atoms with E-state index < -0.39 is 0 Å². The molecule has 1 aromatic carbocycles. The minimum Gasteiger partial charge on any atom is -0.337 e. The van der Waals surface area contributed by atoms with Crippen LogP contribution in [0.25, 0.3) is 0 Å². The van der Waals surface area contributed by atoms with Crippen LogP contribution in [-0.2, 0) is 11.2 Å². The fourth-order valence-electron chi connectivity index (χ4n) is 3.23. The molecule has 6 heteroatoms. The summed E-state index contributed by atoms with van der Waals surface area (Å²) in [6.07, 6.45) is 4.24. The van der Waals surface area contributed by atoms with Crippen molar-refractivity contribution in [3.63, 3.8) is 0 Å². The van der Waals surface area contributed by atoms with Crippen LogP contribution in [0.2, 0.25) is 0 Å². The van der Waals surface area contributed by atoms with E-state index in [0.717, 1.165) is 36.6 Å². The number of fused-ring (bicyclic) bond motifs is 1. The first-order chi connectivity index (χ1) is 11.1. The first kappa shape index (κ1) is 15.8. The number of likely N-dealkylation sites (N-methyl/N-ethyl adjacent to an activating group) is 1. The van der Waals surface area contributed by atoms with Crippen molar-refractivity contribution >= 4 is 23.3 Å². The number of nitrogens with zero attached hydrogens (tertiary/aromatic N) is 2. The van der Waals surface area contributed by atoms with Crippen molar-refractivity contribution in [1.29, 1.82) is 0 Å². The van der Waals surface area contributed by atoms with Crippen molar-refractivity contribution in [3.8, 4) is 0 Å². The predicted molar refractivity (Wildman–Crippen MR) is 90.9 cm³/mol. The van der Waals surface area contributed by atoms with E-state index in [4.69, 9.17) is 0 Å². The Kier molecular flexibility index (Phi) is 4.81. The zero-order chi connectivity index (χ0) is 16.2. The normalized spacial score (nSPS) is 18.0. The molecule has 124 valence electrons. The summed E-state index contributed by atoms with van der Waals surface area (Å²) in [6.45, 7) is 3.82. The van der Waals surface area contributed by atoms with Crippen LogP contribution in [0.15, 0.2) is 18.2 Å². The predicted octanol–water partition coefficient (Wildman–Crippen LogP) is 1.81. The highest BCUT2D eigenvalue weighted by molar-refractivity contribution is 6.01. The fourth-order valence-corrected chi connectivity index (χ4v) is 3.23. The van der Waals surface area contributed by atoms with E-state index in [1.165, 1.54) is 19.3 Å². The number of anilines is 2. The highest BCUT2D eigenvalue weighted by Crippen LogP contribution is 2.29. The molecule has 0 aromatic heterocycles. The Labute approximate surface area is 136 Å². The lowest BCUT2D eigenvalue weighted by Crippen LogP contribution is -2.39. The minimum atomic E-state index is -0.195. The zero-order valence-electron chi connectivity index (χ0n) is 13.6. The van der Waals surface area contributed by atoms with Gasteiger partial charge in [0.25, 0.3) is 0 Å². The van der Waals surface area contributed by atoms with Crippen molar-refractivity contribution < 1.29 is 9.59 Å². The highest BCUT2D eigenvalue weighted by atomic mass is 16.2. The van der Waals surface area contributed by atoms with Crippen LogP contribution in [0, 0.1) is 0 Å². The number of carbonyl (C=O) groups is 2. The topological polar surface area (TPSA) is 64.7 Å². The maximum absolute atomic E-state index is 12.0. The molecule has 0 saturated carbocycles. The number of amides is 3. The van der Waals surface area contributed by atoms with Crippen LogP contribution in [0.1, 0.15) is 24.8 Å². The molecule has 1 aromatic rings. The molecule has 23 heavy (non-hydrogen) atoms. The third kappa shape index (κ3) is 3.82. The van der Waals surface area contributed by atoms with Crippen LogP contribution >= 0.6 is 0 Å². The molecule has 2 heterocycles. The van der Waals surface area contributed by atoms with Crippen LogP contribution in [0.3, 0.4) is 0 Å². The Morgan fingerprint density at radius 1 is 1.22 bits per heavy atom. The number of piperidine rings is 1. The van der Waals surface area contributed by atoms with Gasteiger partial charge in [0.2, 0.25) is 5.91 Å². The smallest absolute Gasteiger partial charge is 0.319 e. The summed E-state index contributed by atoms with van der Waals surface area (Å²) in [5, 5.41) is 5.74. The van der Waals surface area contributed by atoms with Crippen LogP contribution in [0.5, 0.6) is 0 Å². The van der Waals surface area contributed by atoms with Gasteiger partial charge in [0, 0.05) is 31.5 Å². The molecule has 1 saturated heterocycles. The van der Waals surface area contributed by atoms with Gasteiger partial charge in [-0.05, 0) is 49.7 Å². The van der Waals surface area contributed by atoms with E-state index >= 15 is 0 Å². The second-order valence-corrected chi connectivity index (χ2v) is 6.26. The number of nitrogens with one attached hydrogen (secondary N) is 2. The molecule has 0 aliphatic carbocycles. The van der Waals surface area contributed by atoms with Gasteiger partial charge in [-0.3, -0.25) is 4.79 Å². The van der Waals surface area contributed by atoms with Gasteiger partial charge in [0.1, 0.15) is 0 Å². The SMILES string of the molecule is CN1C(=O)Cc2cc(NC(=O)NCCN3CCCCC3)ccc21. The monoisotopic (exact) mass is 316 g/mol. The van der Waals surface area contributed by atoms with E-state index in [9.17, 15) is 9.59 Å². The third-order valence-electron chi connectivity index (χ3n) is 4.58. The lowest BCUT2D eigenvalue weighted by atomic mass is 10.1. The molecule has 2 aliphatic heterocycles. The van der Waals surface area contributed by atoms with Gasteiger partial charge in [0.05, 0.1) is 6.42 Å². The van der Waals surface area contributed by atoms with Gasteiger partial charge in [0.15, 0.2) is 0 Å². The molecule has 0 atom stereocenters. The summed E-state index contributed by atoms with van der Waals surface area (Å²) < 4.78 is 0. The highest BCUT2D eigenvalue weighted by Gasteiger charge is 2.24. The average Bonchev–Trinajstić information content (AvgIpc) is 2.82. The maximum atomic E-state index is 12.0. The molecule has 0 bridgehead atoms. The van der Waals surface area contributed by atoms with Crippen molar-refractivity contribution in [2.45, 2.75) is 25.7 Å². The van der Waals surface area contributed by atoms with E-state index in [2.05, 4.69) is 15.5 Å². The second kappa shape index (κ2) is 7.00. The molecular formula is C17H24N4O2. The Morgan fingerprint density at radius 2 is 2.00 bits per heavy atom. The van der Waals surface area contributed by atoms with E-state index in [1.807, 2.05) is 18.2 Å². The molecule has 3 rings (SSSR count). The van der Waals surface area contributed by atoms with Gasteiger partial charge in [-0.15, -0.1) is 0 Å².